The third-order valence-electron chi connectivity index (χ3n) is 3.15. The number of benzene rings is 1. The van der Waals surface area contributed by atoms with E-state index in [9.17, 15) is 4.79 Å². The summed E-state index contributed by atoms with van der Waals surface area (Å²) in [6, 6.07) is 7.83. The maximum Gasteiger partial charge on any atom is 0.258 e. The average molecular weight is 312 g/mol. The van der Waals surface area contributed by atoms with Gasteiger partial charge in [0.2, 0.25) is 0 Å². The fourth-order valence-corrected chi connectivity index (χ4v) is 2.46. The molecule has 4 heteroatoms. The minimum absolute atomic E-state index is 0.0233. The van der Waals surface area contributed by atoms with E-state index in [1.54, 1.807) is 0 Å². The normalized spacial score (nSPS) is 16.3. The summed E-state index contributed by atoms with van der Waals surface area (Å²) in [5.74, 6) is 0.696. The van der Waals surface area contributed by atoms with Gasteiger partial charge >= 0.3 is 0 Å². The van der Waals surface area contributed by atoms with Gasteiger partial charge in [0.25, 0.3) is 5.91 Å². The lowest BCUT2D eigenvalue weighted by atomic mass is 9.95. The second-order valence-corrected chi connectivity index (χ2v) is 5.56. The monoisotopic (exact) mass is 311 g/mol. The number of amides is 1. The molecule has 0 aliphatic heterocycles. The van der Waals surface area contributed by atoms with Gasteiger partial charge in [0, 0.05) is 10.5 Å². The van der Waals surface area contributed by atoms with Crippen LogP contribution in [0.3, 0.4) is 0 Å². The second kappa shape index (κ2) is 6.78. The van der Waals surface area contributed by atoms with Gasteiger partial charge in [-0.05, 0) is 37.1 Å². The molecule has 0 radical (unpaired) electrons. The van der Waals surface area contributed by atoms with Gasteiger partial charge in [-0.25, -0.2) is 0 Å². The van der Waals surface area contributed by atoms with Crippen LogP contribution in [0.1, 0.15) is 32.1 Å². The summed E-state index contributed by atoms with van der Waals surface area (Å²) in [4.78, 5) is 11.7. The van der Waals surface area contributed by atoms with Crippen molar-refractivity contribution in [3.05, 3.63) is 28.7 Å². The lowest BCUT2D eigenvalue weighted by Gasteiger charge is -2.22. The van der Waals surface area contributed by atoms with Gasteiger partial charge < -0.3 is 10.1 Å². The highest BCUT2D eigenvalue weighted by atomic mass is 79.9. The highest BCUT2D eigenvalue weighted by Gasteiger charge is 2.15. The summed E-state index contributed by atoms with van der Waals surface area (Å²) in [7, 11) is 0. The highest BCUT2D eigenvalue weighted by molar-refractivity contribution is 9.10. The van der Waals surface area contributed by atoms with Crippen LogP contribution in [0.5, 0.6) is 5.75 Å². The molecule has 1 N–H and O–H groups in total. The zero-order chi connectivity index (χ0) is 12.8. The van der Waals surface area contributed by atoms with E-state index in [1.165, 1.54) is 19.3 Å². The average Bonchev–Trinajstić information content (AvgIpc) is 2.39. The Bertz CT molecular complexity index is 385. The van der Waals surface area contributed by atoms with E-state index in [-0.39, 0.29) is 12.5 Å². The molecule has 2 rings (SSSR count). The second-order valence-electron chi connectivity index (χ2n) is 4.65. The highest BCUT2D eigenvalue weighted by Crippen LogP contribution is 2.18. The Morgan fingerprint density at radius 2 is 1.89 bits per heavy atom. The maximum atomic E-state index is 11.7. The molecule has 0 unspecified atom stereocenters. The molecule has 3 nitrogen and oxygen atoms in total. The predicted octanol–water partition coefficient (Wildman–Crippen LogP) is 3.28. The first-order valence-corrected chi connectivity index (χ1v) is 7.21. The van der Waals surface area contributed by atoms with Crippen molar-refractivity contribution in [3.8, 4) is 5.75 Å². The van der Waals surface area contributed by atoms with Gasteiger partial charge in [0.1, 0.15) is 5.75 Å². The smallest absolute Gasteiger partial charge is 0.258 e. The van der Waals surface area contributed by atoms with Crippen molar-refractivity contribution < 1.29 is 9.53 Å². The molecule has 1 aliphatic carbocycles. The van der Waals surface area contributed by atoms with Gasteiger partial charge in [-0.15, -0.1) is 0 Å². The van der Waals surface area contributed by atoms with Gasteiger partial charge in [-0.2, -0.15) is 0 Å². The third kappa shape index (κ3) is 4.33. The largest absolute Gasteiger partial charge is 0.484 e. The topological polar surface area (TPSA) is 38.3 Å². The van der Waals surface area contributed by atoms with Crippen LogP contribution in [0.2, 0.25) is 0 Å². The predicted molar refractivity (Wildman–Crippen MR) is 74.7 cm³/mol. The molecule has 0 bridgehead atoms. The summed E-state index contributed by atoms with van der Waals surface area (Å²) in [6.07, 6.45) is 5.94. The molecule has 1 aromatic carbocycles. The maximum absolute atomic E-state index is 11.7. The SMILES string of the molecule is O=C(COc1ccc(Br)cc1)NC1CCCCC1. The molecule has 1 saturated carbocycles. The number of halogens is 1. The van der Waals surface area contributed by atoms with Crippen LogP contribution in [0, 0.1) is 0 Å². The quantitative estimate of drug-likeness (QED) is 0.926. The van der Waals surface area contributed by atoms with E-state index in [0.717, 1.165) is 23.1 Å². The Balaban J connectivity index is 1.72. The fraction of sp³-hybridized carbons (Fsp3) is 0.500. The van der Waals surface area contributed by atoms with E-state index in [1.807, 2.05) is 24.3 Å². The Morgan fingerprint density at radius 3 is 2.56 bits per heavy atom. The molecule has 0 atom stereocenters. The van der Waals surface area contributed by atoms with E-state index in [2.05, 4.69) is 21.2 Å². The molecule has 0 saturated heterocycles. The molecule has 0 spiro atoms. The van der Waals surface area contributed by atoms with E-state index in [4.69, 9.17) is 4.74 Å². The van der Waals surface area contributed by atoms with Crippen molar-refractivity contribution in [2.24, 2.45) is 0 Å². The summed E-state index contributed by atoms with van der Waals surface area (Å²) in [5, 5.41) is 3.03. The van der Waals surface area contributed by atoms with Crippen molar-refractivity contribution >= 4 is 21.8 Å². The molecular formula is C14H18BrNO2. The van der Waals surface area contributed by atoms with E-state index >= 15 is 0 Å². The van der Waals surface area contributed by atoms with Crippen LogP contribution in [-0.2, 0) is 4.79 Å². The summed E-state index contributed by atoms with van der Waals surface area (Å²) in [5.41, 5.74) is 0. The van der Waals surface area contributed by atoms with Crippen molar-refractivity contribution in [2.45, 2.75) is 38.1 Å². The van der Waals surface area contributed by atoms with Crippen LogP contribution < -0.4 is 10.1 Å². The number of carbonyl (C=O) groups is 1. The number of rotatable bonds is 4. The van der Waals surface area contributed by atoms with Crippen LogP contribution in [-0.4, -0.2) is 18.6 Å². The van der Waals surface area contributed by atoms with Crippen molar-refractivity contribution in [3.63, 3.8) is 0 Å². The molecule has 1 amide bonds. The summed E-state index contributed by atoms with van der Waals surface area (Å²) >= 11 is 3.36. The van der Waals surface area contributed by atoms with E-state index in [0.29, 0.717) is 6.04 Å². The zero-order valence-electron chi connectivity index (χ0n) is 10.3. The standard InChI is InChI=1S/C14H18BrNO2/c15-11-6-8-13(9-7-11)18-10-14(17)16-12-4-2-1-3-5-12/h6-9,12H,1-5,10H2,(H,16,17). The van der Waals surface area contributed by atoms with Crippen molar-refractivity contribution in [1.82, 2.24) is 5.32 Å². The third-order valence-corrected chi connectivity index (χ3v) is 3.68. The van der Waals surface area contributed by atoms with Crippen molar-refractivity contribution in [2.75, 3.05) is 6.61 Å². The van der Waals surface area contributed by atoms with Crippen LogP contribution in [0.15, 0.2) is 28.7 Å². The number of ether oxygens (including phenoxy) is 1. The Morgan fingerprint density at radius 1 is 1.22 bits per heavy atom. The molecule has 18 heavy (non-hydrogen) atoms. The summed E-state index contributed by atoms with van der Waals surface area (Å²) in [6.45, 7) is 0.0954. The first-order chi connectivity index (χ1) is 8.74. The zero-order valence-corrected chi connectivity index (χ0v) is 11.9. The minimum Gasteiger partial charge on any atom is -0.484 e. The summed E-state index contributed by atoms with van der Waals surface area (Å²) < 4.78 is 6.43. The van der Waals surface area contributed by atoms with Gasteiger partial charge in [0.05, 0.1) is 0 Å². The first kappa shape index (κ1) is 13.4. The molecule has 0 heterocycles. The molecule has 0 aromatic heterocycles. The number of hydrogen-bond donors (Lipinski definition) is 1. The molecule has 98 valence electrons. The van der Waals surface area contributed by atoms with Gasteiger partial charge in [-0.3, -0.25) is 4.79 Å². The lowest BCUT2D eigenvalue weighted by molar-refractivity contribution is -0.124. The van der Waals surface area contributed by atoms with Crippen LogP contribution in [0.4, 0.5) is 0 Å². The Hall–Kier alpha value is -1.03. The van der Waals surface area contributed by atoms with Crippen LogP contribution in [0.25, 0.3) is 0 Å². The number of carbonyl (C=O) groups excluding carboxylic acids is 1. The lowest BCUT2D eigenvalue weighted by Crippen LogP contribution is -2.38. The Kier molecular flexibility index (Phi) is 5.05. The molecule has 1 fully saturated rings. The van der Waals surface area contributed by atoms with Gasteiger partial charge in [-0.1, -0.05) is 35.2 Å². The fourth-order valence-electron chi connectivity index (χ4n) is 2.20. The first-order valence-electron chi connectivity index (χ1n) is 6.42. The van der Waals surface area contributed by atoms with Crippen LogP contribution >= 0.6 is 15.9 Å². The molecule has 1 aliphatic rings. The molecular weight excluding hydrogens is 294 g/mol. The van der Waals surface area contributed by atoms with Crippen molar-refractivity contribution in [1.29, 1.82) is 0 Å². The van der Waals surface area contributed by atoms with E-state index < -0.39 is 0 Å². The number of hydrogen-bond acceptors (Lipinski definition) is 2. The van der Waals surface area contributed by atoms with Gasteiger partial charge in [0.15, 0.2) is 6.61 Å². The molecule has 1 aromatic rings. The number of nitrogens with one attached hydrogen (secondary N) is 1. The Labute approximate surface area is 116 Å². The minimum atomic E-state index is -0.0233.